The molecular weight excluding hydrogens is 211 g/mol. The molecule has 0 spiro atoms. The summed E-state index contributed by atoms with van der Waals surface area (Å²) in [6.07, 6.45) is 0. The molecule has 2 unspecified atom stereocenters. The van der Waals surface area contributed by atoms with Gasteiger partial charge in [0.2, 0.25) is 0 Å². The van der Waals surface area contributed by atoms with Crippen LogP contribution in [0.25, 0.3) is 0 Å². The minimum atomic E-state index is -0.704. The molecule has 0 N–H and O–H groups in total. The molecule has 2 atom stereocenters. The highest BCUT2D eigenvalue weighted by Gasteiger charge is 2.05. The SMILES string of the molecule is Cn1n(C)p(Cl)n(C)p1Cl. The molecule has 10 heavy (non-hydrogen) atoms. The van der Waals surface area contributed by atoms with Crippen molar-refractivity contribution >= 4 is 36.9 Å². The topological polar surface area (TPSA) is 14.8 Å². The molecule has 1 aromatic heterocycles. The molecule has 7 heteroatoms. The van der Waals surface area contributed by atoms with Crippen molar-refractivity contribution in [2.24, 2.45) is 21.1 Å². The Morgan fingerprint density at radius 2 is 1.20 bits per heavy atom. The maximum Gasteiger partial charge on any atom is 0.146 e. The fourth-order valence-corrected chi connectivity index (χ4v) is 5.82. The van der Waals surface area contributed by atoms with Gasteiger partial charge in [-0.25, -0.2) is 8.89 Å². The smallest absolute Gasteiger partial charge is 0.146 e. The summed E-state index contributed by atoms with van der Waals surface area (Å²) in [4.78, 5) is 0. The van der Waals surface area contributed by atoms with Gasteiger partial charge >= 0.3 is 0 Å². The summed E-state index contributed by atoms with van der Waals surface area (Å²) in [7, 11) is 4.42. The van der Waals surface area contributed by atoms with Crippen molar-refractivity contribution in [3.05, 3.63) is 0 Å². The number of hydrogen-bond acceptors (Lipinski definition) is 0. The van der Waals surface area contributed by atoms with Crippen molar-refractivity contribution in [2.45, 2.75) is 0 Å². The maximum absolute atomic E-state index is 6.01. The molecule has 0 aliphatic heterocycles. The molecule has 0 saturated carbocycles. The molecule has 0 aliphatic rings. The number of halogens is 2. The first-order valence-electron chi connectivity index (χ1n) is 2.68. The predicted molar refractivity (Wildman–Crippen MR) is 48.9 cm³/mol. The van der Waals surface area contributed by atoms with Crippen molar-refractivity contribution < 1.29 is 0 Å². The summed E-state index contributed by atoms with van der Waals surface area (Å²) in [5.41, 5.74) is 0. The van der Waals surface area contributed by atoms with Crippen LogP contribution in [-0.2, 0) is 21.1 Å². The van der Waals surface area contributed by atoms with Crippen molar-refractivity contribution in [1.29, 1.82) is 0 Å². The Morgan fingerprint density at radius 3 is 1.30 bits per heavy atom. The molecule has 0 fully saturated rings. The molecule has 0 amide bonds. The highest BCUT2D eigenvalue weighted by Crippen LogP contribution is 2.43. The number of hydrogen-bond donors (Lipinski definition) is 0. The van der Waals surface area contributed by atoms with Crippen LogP contribution in [0.3, 0.4) is 0 Å². The minimum Gasteiger partial charge on any atom is -0.273 e. The lowest BCUT2D eigenvalue weighted by molar-refractivity contribution is 0.694. The van der Waals surface area contributed by atoms with Gasteiger partial charge in [0, 0.05) is 21.1 Å². The predicted octanol–water partition coefficient (Wildman–Crippen LogP) is 2.80. The second kappa shape index (κ2) is 2.91. The molecule has 0 aromatic carbocycles. The van der Waals surface area contributed by atoms with Gasteiger partial charge in [0.1, 0.15) is 14.4 Å². The van der Waals surface area contributed by atoms with Crippen LogP contribution in [0.2, 0.25) is 0 Å². The molecule has 0 saturated heterocycles. The molecular formula is C3H9Cl2N3P2. The van der Waals surface area contributed by atoms with Gasteiger partial charge in [-0.05, 0) is 22.5 Å². The third kappa shape index (κ3) is 1.16. The van der Waals surface area contributed by atoms with Gasteiger partial charge in [0.05, 0.1) is 0 Å². The van der Waals surface area contributed by atoms with E-state index in [9.17, 15) is 0 Å². The first-order chi connectivity index (χ1) is 4.55. The molecule has 1 rings (SSSR count). The molecule has 3 nitrogen and oxygen atoms in total. The van der Waals surface area contributed by atoms with Crippen molar-refractivity contribution in [3.8, 4) is 0 Å². The lowest BCUT2D eigenvalue weighted by Gasteiger charge is -1.97. The zero-order valence-electron chi connectivity index (χ0n) is 5.99. The van der Waals surface area contributed by atoms with Crippen LogP contribution >= 0.6 is 36.9 Å². The summed E-state index contributed by atoms with van der Waals surface area (Å²) in [6, 6.07) is 0. The Labute approximate surface area is 71.4 Å². The van der Waals surface area contributed by atoms with Gasteiger partial charge in [-0.2, -0.15) is 0 Å². The van der Waals surface area contributed by atoms with Gasteiger partial charge in [-0.15, -0.1) is 0 Å². The quantitative estimate of drug-likeness (QED) is 0.638. The van der Waals surface area contributed by atoms with Crippen LogP contribution in [-0.4, -0.2) is 13.0 Å². The Balaban J connectivity index is 3.44. The average Bonchev–Trinajstić information content (AvgIpc) is 2.07. The van der Waals surface area contributed by atoms with E-state index in [1.807, 2.05) is 34.1 Å². The van der Waals surface area contributed by atoms with Gasteiger partial charge in [-0.1, -0.05) is 0 Å². The van der Waals surface area contributed by atoms with Crippen molar-refractivity contribution in [1.82, 2.24) is 13.0 Å². The van der Waals surface area contributed by atoms with Crippen molar-refractivity contribution in [2.75, 3.05) is 0 Å². The van der Waals surface area contributed by atoms with Gasteiger partial charge in [0.25, 0.3) is 0 Å². The van der Waals surface area contributed by atoms with Gasteiger partial charge in [0.15, 0.2) is 0 Å². The Morgan fingerprint density at radius 1 is 0.900 bits per heavy atom. The average molecular weight is 220 g/mol. The maximum atomic E-state index is 6.01. The zero-order valence-corrected chi connectivity index (χ0v) is 9.29. The monoisotopic (exact) mass is 219 g/mol. The third-order valence-corrected chi connectivity index (χ3v) is 8.29. The molecule has 0 aliphatic carbocycles. The van der Waals surface area contributed by atoms with Crippen LogP contribution in [0.4, 0.5) is 0 Å². The van der Waals surface area contributed by atoms with E-state index in [1.165, 1.54) is 0 Å². The number of aromatic nitrogens is 3. The highest BCUT2D eigenvalue weighted by molar-refractivity contribution is 7.82. The van der Waals surface area contributed by atoms with E-state index in [-0.39, 0.29) is 0 Å². The first kappa shape index (κ1) is 8.67. The van der Waals surface area contributed by atoms with Gasteiger partial charge < -0.3 is 0 Å². The molecule has 1 aromatic rings. The van der Waals surface area contributed by atoms with Crippen LogP contribution in [0.15, 0.2) is 0 Å². The van der Waals surface area contributed by atoms with Crippen LogP contribution in [0, 0.1) is 0 Å². The Hall–Kier alpha value is 0.580. The van der Waals surface area contributed by atoms with E-state index in [0.717, 1.165) is 0 Å². The van der Waals surface area contributed by atoms with Crippen LogP contribution < -0.4 is 0 Å². The summed E-state index contributed by atoms with van der Waals surface area (Å²) < 4.78 is 5.93. The zero-order chi connectivity index (χ0) is 7.89. The van der Waals surface area contributed by atoms with E-state index in [4.69, 9.17) is 22.5 Å². The normalized spacial score (nSPS) is 14.1. The minimum absolute atomic E-state index is 0.704. The van der Waals surface area contributed by atoms with E-state index in [0.29, 0.717) is 0 Å². The van der Waals surface area contributed by atoms with E-state index in [2.05, 4.69) is 0 Å². The van der Waals surface area contributed by atoms with Crippen LogP contribution in [0.5, 0.6) is 0 Å². The van der Waals surface area contributed by atoms with E-state index in [1.54, 1.807) is 0 Å². The van der Waals surface area contributed by atoms with Crippen LogP contribution in [0.1, 0.15) is 0 Å². The Bertz CT molecular complexity index is 191. The summed E-state index contributed by atoms with van der Waals surface area (Å²) in [5.74, 6) is 0. The summed E-state index contributed by atoms with van der Waals surface area (Å²) >= 11 is 12.0. The fourth-order valence-electron chi connectivity index (χ4n) is 0.649. The summed E-state index contributed by atoms with van der Waals surface area (Å²) in [5, 5.41) is 0. The second-order valence-electron chi connectivity index (χ2n) is 1.95. The highest BCUT2D eigenvalue weighted by atomic mass is 35.7. The standard InChI is InChI=1S/C3H9Cl2N3P2/c1-6-7(2)10(5)8(3)9(6)4/h1-3H3. The lowest BCUT2D eigenvalue weighted by Crippen LogP contribution is -1.96. The summed E-state index contributed by atoms with van der Waals surface area (Å²) in [6.45, 7) is 0. The first-order valence-corrected chi connectivity index (χ1v) is 6.98. The lowest BCUT2D eigenvalue weighted by atomic mass is 11.4. The number of nitrogens with zero attached hydrogens (tertiary/aromatic N) is 3. The van der Waals surface area contributed by atoms with Gasteiger partial charge in [-0.3, -0.25) is 4.09 Å². The fraction of sp³-hybridized carbons (Fsp3) is 1.00. The van der Waals surface area contributed by atoms with E-state index < -0.39 is 14.4 Å². The molecule has 0 bridgehead atoms. The molecule has 0 radical (unpaired) electrons. The van der Waals surface area contributed by atoms with E-state index >= 15 is 0 Å². The van der Waals surface area contributed by atoms with Crippen molar-refractivity contribution in [3.63, 3.8) is 0 Å². The Kier molecular flexibility index (Phi) is 2.52. The largest absolute Gasteiger partial charge is 0.273 e. The number of rotatable bonds is 0. The molecule has 60 valence electrons. The second-order valence-corrected chi connectivity index (χ2v) is 7.40. The molecule has 1 heterocycles. The third-order valence-electron chi connectivity index (χ3n) is 1.37.